The quantitative estimate of drug-likeness (QED) is 0.743. The van der Waals surface area contributed by atoms with Gasteiger partial charge in [0, 0.05) is 18.7 Å². The number of morpholine rings is 1. The van der Waals surface area contributed by atoms with Crippen molar-refractivity contribution in [2.75, 3.05) is 26.3 Å². The number of fused-ring (bicyclic) bond motifs is 1. The first-order chi connectivity index (χ1) is 15.0. The highest BCUT2D eigenvalue weighted by Crippen LogP contribution is 2.26. The maximum atomic E-state index is 12.9. The number of benzene rings is 2. The summed E-state index contributed by atoms with van der Waals surface area (Å²) in [5, 5.41) is 3.11. The number of hydrogen-bond donors (Lipinski definition) is 1. The van der Waals surface area contributed by atoms with Crippen LogP contribution in [0.15, 0.2) is 47.4 Å². The van der Waals surface area contributed by atoms with E-state index in [1.807, 2.05) is 0 Å². The van der Waals surface area contributed by atoms with E-state index in [4.69, 9.17) is 4.74 Å². The summed E-state index contributed by atoms with van der Waals surface area (Å²) in [7, 11) is -3.56. The van der Waals surface area contributed by atoms with E-state index >= 15 is 0 Å². The van der Waals surface area contributed by atoms with Crippen LogP contribution in [0.25, 0.3) is 0 Å². The predicted molar refractivity (Wildman–Crippen MR) is 120 cm³/mol. The Labute approximate surface area is 184 Å². The Kier molecular flexibility index (Phi) is 6.74. The van der Waals surface area contributed by atoms with Crippen molar-refractivity contribution in [2.45, 2.75) is 50.0 Å². The molecule has 1 atom stereocenters. The van der Waals surface area contributed by atoms with Crippen LogP contribution in [0.4, 0.5) is 0 Å². The third-order valence-electron chi connectivity index (χ3n) is 6.21. The van der Waals surface area contributed by atoms with Gasteiger partial charge in [0.05, 0.1) is 24.2 Å². The normalized spacial score (nSPS) is 18.2. The number of carbonyl (C=O) groups excluding carboxylic acids is 1. The van der Waals surface area contributed by atoms with Gasteiger partial charge in [-0.1, -0.05) is 25.1 Å². The van der Waals surface area contributed by atoms with Crippen molar-refractivity contribution < 1.29 is 17.9 Å². The summed E-state index contributed by atoms with van der Waals surface area (Å²) in [5.41, 5.74) is 4.41. The van der Waals surface area contributed by atoms with E-state index < -0.39 is 10.0 Å². The van der Waals surface area contributed by atoms with Gasteiger partial charge in [-0.25, -0.2) is 8.42 Å². The molecule has 1 N–H and O–H groups in total. The van der Waals surface area contributed by atoms with E-state index in [0.717, 1.165) is 24.8 Å². The van der Waals surface area contributed by atoms with E-state index in [1.54, 1.807) is 12.1 Å². The van der Waals surface area contributed by atoms with Gasteiger partial charge in [-0.05, 0) is 73.1 Å². The average molecular weight is 443 g/mol. The van der Waals surface area contributed by atoms with Crippen LogP contribution in [0.3, 0.4) is 0 Å². The molecule has 4 rings (SSSR count). The minimum absolute atomic E-state index is 0.0727. The van der Waals surface area contributed by atoms with Crippen LogP contribution in [-0.2, 0) is 27.6 Å². The molecule has 2 aromatic rings. The van der Waals surface area contributed by atoms with E-state index in [0.29, 0.717) is 31.9 Å². The van der Waals surface area contributed by atoms with Gasteiger partial charge in [0.25, 0.3) is 5.91 Å². The fourth-order valence-corrected chi connectivity index (χ4v) is 5.76. The maximum absolute atomic E-state index is 12.9. The molecule has 0 spiro atoms. The van der Waals surface area contributed by atoms with Crippen molar-refractivity contribution in [1.82, 2.24) is 9.62 Å². The lowest BCUT2D eigenvalue weighted by molar-refractivity contribution is 0.0730. The molecule has 7 heteroatoms. The highest BCUT2D eigenvalue weighted by atomic mass is 32.2. The van der Waals surface area contributed by atoms with Gasteiger partial charge in [-0.15, -0.1) is 0 Å². The largest absolute Gasteiger partial charge is 0.379 e. The second-order valence-electron chi connectivity index (χ2n) is 8.21. The van der Waals surface area contributed by atoms with Gasteiger partial charge >= 0.3 is 0 Å². The molecule has 1 amide bonds. The SMILES string of the molecule is CC[C@@H](NC(=O)c1ccc(S(=O)(=O)N2CCOCC2)cc1)c1ccc2c(c1)CCCC2. The molecule has 1 aliphatic carbocycles. The molecule has 0 aromatic heterocycles. The first-order valence-corrected chi connectivity index (χ1v) is 12.5. The van der Waals surface area contributed by atoms with Crippen LogP contribution in [0.5, 0.6) is 0 Å². The molecule has 1 fully saturated rings. The Morgan fingerprint density at radius 3 is 2.39 bits per heavy atom. The lowest BCUT2D eigenvalue weighted by atomic mass is 9.88. The zero-order chi connectivity index (χ0) is 21.8. The molecule has 0 radical (unpaired) electrons. The van der Waals surface area contributed by atoms with E-state index in [1.165, 1.54) is 40.4 Å². The molecular weight excluding hydrogens is 412 g/mol. The Balaban J connectivity index is 1.46. The molecule has 0 unspecified atom stereocenters. The zero-order valence-corrected chi connectivity index (χ0v) is 18.8. The fourth-order valence-electron chi connectivity index (χ4n) is 4.35. The van der Waals surface area contributed by atoms with Crippen molar-refractivity contribution in [2.24, 2.45) is 0 Å². The Hall–Kier alpha value is -2.22. The van der Waals surface area contributed by atoms with Crippen LogP contribution in [0, 0.1) is 0 Å². The number of sulfonamides is 1. The number of rotatable bonds is 6. The summed E-state index contributed by atoms with van der Waals surface area (Å²) in [5.74, 6) is -0.195. The van der Waals surface area contributed by atoms with Crippen LogP contribution < -0.4 is 5.32 Å². The third-order valence-corrected chi connectivity index (χ3v) is 8.13. The Morgan fingerprint density at radius 2 is 1.71 bits per heavy atom. The van der Waals surface area contributed by atoms with Crippen molar-refractivity contribution in [1.29, 1.82) is 0 Å². The lowest BCUT2D eigenvalue weighted by Gasteiger charge is -2.26. The van der Waals surface area contributed by atoms with Gasteiger partial charge in [-0.3, -0.25) is 4.79 Å². The smallest absolute Gasteiger partial charge is 0.251 e. The first-order valence-electron chi connectivity index (χ1n) is 11.1. The Morgan fingerprint density at radius 1 is 1.03 bits per heavy atom. The Bertz CT molecular complexity index is 1030. The second kappa shape index (κ2) is 9.51. The summed E-state index contributed by atoms with van der Waals surface area (Å²) in [6.45, 7) is 3.57. The first kappa shape index (κ1) is 22.0. The third kappa shape index (κ3) is 4.84. The maximum Gasteiger partial charge on any atom is 0.251 e. The van der Waals surface area contributed by atoms with Crippen LogP contribution >= 0.6 is 0 Å². The highest BCUT2D eigenvalue weighted by molar-refractivity contribution is 7.89. The van der Waals surface area contributed by atoms with Gasteiger partial charge in [0.15, 0.2) is 0 Å². The number of nitrogens with zero attached hydrogens (tertiary/aromatic N) is 1. The summed E-state index contributed by atoms with van der Waals surface area (Å²) in [6.07, 6.45) is 5.50. The number of carbonyl (C=O) groups is 1. The summed E-state index contributed by atoms with van der Waals surface area (Å²) < 4.78 is 32.2. The van der Waals surface area contributed by atoms with Gasteiger partial charge in [-0.2, -0.15) is 4.31 Å². The standard InChI is InChI=1S/C24H30N2O4S/c1-2-23(21-8-7-18-5-3-4-6-20(18)17-21)25-24(27)19-9-11-22(12-10-19)31(28,29)26-13-15-30-16-14-26/h7-12,17,23H,2-6,13-16H2,1H3,(H,25,27)/t23-/m1/s1. The molecule has 1 heterocycles. The molecule has 2 aromatic carbocycles. The van der Waals surface area contributed by atoms with Gasteiger partial charge in [0.1, 0.15) is 0 Å². The molecule has 1 aliphatic heterocycles. The lowest BCUT2D eigenvalue weighted by Crippen LogP contribution is -2.40. The molecular formula is C24H30N2O4S. The van der Waals surface area contributed by atoms with Crippen LogP contribution in [0.1, 0.15) is 59.3 Å². The van der Waals surface area contributed by atoms with Crippen molar-refractivity contribution in [3.8, 4) is 0 Å². The fraction of sp³-hybridized carbons (Fsp3) is 0.458. The number of amides is 1. The molecule has 166 valence electrons. The van der Waals surface area contributed by atoms with E-state index in [9.17, 15) is 13.2 Å². The van der Waals surface area contributed by atoms with Gasteiger partial charge in [0.2, 0.25) is 10.0 Å². The molecule has 0 bridgehead atoms. The summed E-state index contributed by atoms with van der Waals surface area (Å²) >= 11 is 0. The van der Waals surface area contributed by atoms with Crippen LogP contribution in [-0.4, -0.2) is 44.9 Å². The van der Waals surface area contributed by atoms with Gasteiger partial charge < -0.3 is 10.1 Å². The molecule has 0 saturated carbocycles. The number of hydrogen-bond acceptors (Lipinski definition) is 4. The van der Waals surface area contributed by atoms with Crippen molar-refractivity contribution in [3.05, 3.63) is 64.7 Å². The van der Waals surface area contributed by atoms with E-state index in [-0.39, 0.29) is 16.8 Å². The van der Waals surface area contributed by atoms with Crippen molar-refractivity contribution >= 4 is 15.9 Å². The van der Waals surface area contributed by atoms with Crippen LogP contribution in [0.2, 0.25) is 0 Å². The average Bonchev–Trinajstić information content (AvgIpc) is 2.82. The van der Waals surface area contributed by atoms with Crippen molar-refractivity contribution in [3.63, 3.8) is 0 Å². The zero-order valence-electron chi connectivity index (χ0n) is 18.0. The molecule has 2 aliphatic rings. The summed E-state index contributed by atoms with van der Waals surface area (Å²) in [4.78, 5) is 13.1. The minimum Gasteiger partial charge on any atom is -0.379 e. The number of ether oxygens (including phenoxy) is 1. The second-order valence-corrected chi connectivity index (χ2v) is 10.1. The number of nitrogens with one attached hydrogen (secondary N) is 1. The molecule has 1 saturated heterocycles. The predicted octanol–water partition coefficient (Wildman–Crippen LogP) is 3.47. The van der Waals surface area contributed by atoms with E-state index in [2.05, 4.69) is 30.4 Å². The monoisotopic (exact) mass is 442 g/mol. The highest BCUT2D eigenvalue weighted by Gasteiger charge is 2.26. The molecule has 31 heavy (non-hydrogen) atoms. The number of aryl methyl sites for hydroxylation is 2. The minimum atomic E-state index is -3.56. The topological polar surface area (TPSA) is 75.7 Å². The summed E-state index contributed by atoms with van der Waals surface area (Å²) in [6, 6.07) is 12.7. The molecule has 6 nitrogen and oxygen atoms in total.